The van der Waals surface area contributed by atoms with Gasteiger partial charge in [-0.25, -0.2) is 0 Å². The predicted molar refractivity (Wildman–Crippen MR) is 75.7 cm³/mol. The molecule has 0 saturated heterocycles. The predicted octanol–water partition coefficient (Wildman–Crippen LogP) is 3.31. The Hall–Kier alpha value is -1.80. The Labute approximate surface area is 108 Å². The minimum absolute atomic E-state index is 0.0465. The second-order valence-electron chi connectivity index (χ2n) is 4.85. The Balaban J connectivity index is 2.26. The quantitative estimate of drug-likeness (QED) is 0.860. The first-order valence-electron chi connectivity index (χ1n) is 6.15. The number of benzene rings is 2. The molecule has 2 aromatic carbocycles. The Morgan fingerprint density at radius 3 is 2.17 bits per heavy atom. The largest absolute Gasteiger partial charge is 0.394 e. The summed E-state index contributed by atoms with van der Waals surface area (Å²) in [6, 6.07) is 18.2. The zero-order chi connectivity index (χ0) is 13.0. The van der Waals surface area contributed by atoms with E-state index in [9.17, 15) is 5.11 Å². The first kappa shape index (κ1) is 12.7. The van der Waals surface area contributed by atoms with E-state index in [1.54, 1.807) is 0 Å². The van der Waals surface area contributed by atoms with Crippen molar-refractivity contribution in [2.75, 3.05) is 11.9 Å². The van der Waals surface area contributed by atoms with Crippen LogP contribution in [0, 0.1) is 6.92 Å². The zero-order valence-corrected chi connectivity index (χ0v) is 10.9. The summed E-state index contributed by atoms with van der Waals surface area (Å²) >= 11 is 0. The molecular weight excluding hydrogens is 222 g/mol. The van der Waals surface area contributed by atoms with Crippen LogP contribution >= 0.6 is 0 Å². The van der Waals surface area contributed by atoms with Crippen LogP contribution in [0.5, 0.6) is 0 Å². The third-order valence-corrected chi connectivity index (χ3v) is 3.20. The van der Waals surface area contributed by atoms with E-state index in [0.29, 0.717) is 0 Å². The van der Waals surface area contributed by atoms with Crippen LogP contribution in [0.1, 0.15) is 18.1 Å². The van der Waals surface area contributed by atoms with E-state index in [1.807, 2.05) is 49.4 Å². The van der Waals surface area contributed by atoms with Gasteiger partial charge in [-0.1, -0.05) is 48.0 Å². The van der Waals surface area contributed by atoms with Crippen LogP contribution in [0.25, 0.3) is 0 Å². The smallest absolute Gasteiger partial charge is 0.0828 e. The van der Waals surface area contributed by atoms with Crippen LogP contribution in [0.4, 0.5) is 5.69 Å². The van der Waals surface area contributed by atoms with E-state index >= 15 is 0 Å². The van der Waals surface area contributed by atoms with Crippen molar-refractivity contribution in [1.82, 2.24) is 0 Å². The van der Waals surface area contributed by atoms with Gasteiger partial charge in [0.25, 0.3) is 0 Å². The highest BCUT2D eigenvalue weighted by Gasteiger charge is 2.25. The van der Waals surface area contributed by atoms with Crippen molar-refractivity contribution in [3.8, 4) is 0 Å². The third kappa shape index (κ3) is 2.71. The summed E-state index contributed by atoms with van der Waals surface area (Å²) in [4.78, 5) is 0. The molecule has 0 saturated carbocycles. The van der Waals surface area contributed by atoms with Gasteiger partial charge in [0.15, 0.2) is 0 Å². The lowest BCUT2D eigenvalue weighted by Crippen LogP contribution is -2.35. The molecule has 2 heteroatoms. The molecule has 0 radical (unpaired) electrons. The highest BCUT2D eigenvalue weighted by atomic mass is 16.3. The number of hydrogen-bond donors (Lipinski definition) is 2. The molecule has 0 heterocycles. The molecule has 2 aromatic rings. The van der Waals surface area contributed by atoms with Gasteiger partial charge in [-0.3, -0.25) is 0 Å². The molecule has 0 aliphatic carbocycles. The monoisotopic (exact) mass is 241 g/mol. The van der Waals surface area contributed by atoms with Gasteiger partial charge < -0.3 is 10.4 Å². The molecule has 0 aliphatic rings. The lowest BCUT2D eigenvalue weighted by Gasteiger charge is -2.30. The van der Waals surface area contributed by atoms with E-state index in [4.69, 9.17) is 0 Å². The van der Waals surface area contributed by atoms with E-state index < -0.39 is 5.54 Å². The van der Waals surface area contributed by atoms with E-state index in [0.717, 1.165) is 11.3 Å². The number of hydrogen-bond acceptors (Lipinski definition) is 2. The minimum atomic E-state index is -0.462. The Morgan fingerprint density at radius 2 is 1.61 bits per heavy atom. The Kier molecular flexibility index (Phi) is 3.68. The number of aliphatic hydroxyl groups excluding tert-OH is 1. The standard InChI is InChI=1S/C16H19NO/c1-13-8-10-15(11-9-13)17-16(2,12-18)14-6-4-3-5-7-14/h3-11,17-18H,12H2,1-2H3. The highest BCUT2D eigenvalue weighted by molar-refractivity contribution is 5.48. The van der Waals surface area contributed by atoms with Gasteiger partial charge in [-0.05, 0) is 31.5 Å². The van der Waals surface area contributed by atoms with Crippen LogP contribution in [0.3, 0.4) is 0 Å². The van der Waals surface area contributed by atoms with Gasteiger partial charge in [0.2, 0.25) is 0 Å². The van der Waals surface area contributed by atoms with Crippen molar-refractivity contribution in [2.24, 2.45) is 0 Å². The van der Waals surface area contributed by atoms with Crippen molar-refractivity contribution in [3.63, 3.8) is 0 Å². The summed E-state index contributed by atoms with van der Waals surface area (Å²) in [6.07, 6.45) is 0. The molecule has 0 amide bonds. The van der Waals surface area contributed by atoms with E-state index in [-0.39, 0.29) is 6.61 Å². The van der Waals surface area contributed by atoms with E-state index in [2.05, 4.69) is 24.4 Å². The van der Waals surface area contributed by atoms with Crippen LogP contribution in [-0.2, 0) is 5.54 Å². The number of anilines is 1. The molecule has 0 fully saturated rings. The minimum Gasteiger partial charge on any atom is -0.394 e. The lowest BCUT2D eigenvalue weighted by molar-refractivity contribution is 0.224. The first-order chi connectivity index (χ1) is 8.64. The summed E-state index contributed by atoms with van der Waals surface area (Å²) in [7, 11) is 0. The molecule has 0 aromatic heterocycles. The number of rotatable bonds is 4. The van der Waals surface area contributed by atoms with Crippen molar-refractivity contribution < 1.29 is 5.11 Å². The topological polar surface area (TPSA) is 32.3 Å². The van der Waals surface area contributed by atoms with Crippen LogP contribution in [-0.4, -0.2) is 11.7 Å². The fourth-order valence-corrected chi connectivity index (χ4v) is 1.96. The maximum atomic E-state index is 9.69. The maximum Gasteiger partial charge on any atom is 0.0828 e. The summed E-state index contributed by atoms with van der Waals surface area (Å²) in [5, 5.41) is 13.1. The average Bonchev–Trinajstić information content (AvgIpc) is 2.42. The summed E-state index contributed by atoms with van der Waals surface area (Å²) in [6.45, 7) is 4.11. The second-order valence-corrected chi connectivity index (χ2v) is 4.85. The van der Waals surface area contributed by atoms with Gasteiger partial charge in [0.05, 0.1) is 12.1 Å². The molecule has 2 nitrogen and oxygen atoms in total. The fraction of sp³-hybridized carbons (Fsp3) is 0.250. The molecule has 1 atom stereocenters. The van der Waals surface area contributed by atoms with Crippen LogP contribution in [0.2, 0.25) is 0 Å². The molecular formula is C16H19NO. The summed E-state index contributed by atoms with van der Waals surface area (Å²) < 4.78 is 0. The number of aryl methyl sites for hydroxylation is 1. The average molecular weight is 241 g/mol. The van der Waals surface area contributed by atoms with Crippen molar-refractivity contribution in [2.45, 2.75) is 19.4 Å². The molecule has 0 aliphatic heterocycles. The normalized spacial score (nSPS) is 13.9. The molecule has 18 heavy (non-hydrogen) atoms. The van der Waals surface area contributed by atoms with Gasteiger partial charge in [-0.15, -0.1) is 0 Å². The Bertz CT molecular complexity index is 492. The lowest BCUT2D eigenvalue weighted by atomic mass is 9.92. The van der Waals surface area contributed by atoms with Crippen molar-refractivity contribution in [1.29, 1.82) is 0 Å². The number of nitrogens with one attached hydrogen (secondary N) is 1. The zero-order valence-electron chi connectivity index (χ0n) is 10.9. The molecule has 94 valence electrons. The molecule has 0 spiro atoms. The summed E-state index contributed by atoms with van der Waals surface area (Å²) in [5.41, 5.74) is 2.86. The molecule has 1 unspecified atom stereocenters. The van der Waals surface area contributed by atoms with Crippen molar-refractivity contribution >= 4 is 5.69 Å². The fourth-order valence-electron chi connectivity index (χ4n) is 1.96. The Morgan fingerprint density at radius 1 is 1.00 bits per heavy atom. The van der Waals surface area contributed by atoms with Crippen LogP contribution in [0.15, 0.2) is 54.6 Å². The molecule has 2 N–H and O–H groups in total. The van der Waals surface area contributed by atoms with Gasteiger partial charge in [-0.2, -0.15) is 0 Å². The third-order valence-electron chi connectivity index (χ3n) is 3.20. The highest BCUT2D eigenvalue weighted by Crippen LogP contribution is 2.25. The van der Waals surface area contributed by atoms with E-state index in [1.165, 1.54) is 5.56 Å². The van der Waals surface area contributed by atoms with Crippen LogP contribution < -0.4 is 5.32 Å². The van der Waals surface area contributed by atoms with Gasteiger partial charge >= 0.3 is 0 Å². The van der Waals surface area contributed by atoms with Gasteiger partial charge in [0, 0.05) is 5.69 Å². The second kappa shape index (κ2) is 5.23. The SMILES string of the molecule is Cc1ccc(NC(C)(CO)c2ccccc2)cc1. The summed E-state index contributed by atoms with van der Waals surface area (Å²) in [5.74, 6) is 0. The van der Waals surface area contributed by atoms with Gasteiger partial charge in [0.1, 0.15) is 0 Å². The molecule has 2 rings (SSSR count). The first-order valence-corrected chi connectivity index (χ1v) is 6.15. The van der Waals surface area contributed by atoms with Crippen molar-refractivity contribution in [3.05, 3.63) is 65.7 Å². The molecule has 0 bridgehead atoms. The maximum absolute atomic E-state index is 9.69. The number of aliphatic hydroxyl groups is 1.